The van der Waals surface area contributed by atoms with Crippen LogP contribution in [0.1, 0.15) is 15.9 Å². The van der Waals surface area contributed by atoms with E-state index in [2.05, 4.69) is 20.9 Å². The molecule has 2 N–H and O–H groups in total. The number of benzene rings is 1. The van der Waals surface area contributed by atoms with Crippen molar-refractivity contribution in [3.05, 3.63) is 58.1 Å². The van der Waals surface area contributed by atoms with Gasteiger partial charge in [0.1, 0.15) is 12.4 Å². The van der Waals surface area contributed by atoms with Crippen LogP contribution in [0, 0.1) is 5.82 Å². The van der Waals surface area contributed by atoms with Gasteiger partial charge >= 0.3 is 5.97 Å². The normalized spacial score (nSPS) is 10.2. The van der Waals surface area contributed by atoms with Crippen LogP contribution in [0.2, 0.25) is 0 Å². The summed E-state index contributed by atoms with van der Waals surface area (Å²) in [5.74, 6) is -1.44. The minimum Gasteiger partial charge on any atom is -0.457 e. The summed E-state index contributed by atoms with van der Waals surface area (Å²) in [7, 11) is 0. The van der Waals surface area contributed by atoms with Crippen molar-refractivity contribution in [2.75, 3.05) is 5.73 Å². The molecule has 0 aliphatic carbocycles. The molecule has 1 aromatic heterocycles. The molecule has 0 unspecified atom stereocenters. The third-order valence-corrected chi connectivity index (χ3v) is 2.78. The summed E-state index contributed by atoms with van der Waals surface area (Å²) in [6, 6.07) is 5.59. The molecule has 1 aromatic carbocycles. The molecular formula is C13H10BrFN2O2. The molecule has 0 radical (unpaired) electrons. The van der Waals surface area contributed by atoms with Crippen LogP contribution in [0.3, 0.4) is 0 Å². The lowest BCUT2D eigenvalue weighted by atomic mass is 10.2. The highest BCUT2D eigenvalue weighted by atomic mass is 79.9. The average Bonchev–Trinajstić information content (AvgIpc) is 2.36. The summed E-state index contributed by atoms with van der Waals surface area (Å²) in [6.07, 6.45) is 3.18. The van der Waals surface area contributed by atoms with E-state index in [4.69, 9.17) is 10.5 Å². The van der Waals surface area contributed by atoms with Gasteiger partial charge in [0.2, 0.25) is 0 Å². The predicted octanol–water partition coefficient (Wildman–Crippen LogP) is 2.92. The summed E-state index contributed by atoms with van der Waals surface area (Å²) in [5, 5.41) is 0. The minimum absolute atomic E-state index is 0.0229. The van der Waals surface area contributed by atoms with Crippen LogP contribution in [-0.2, 0) is 11.3 Å². The first-order valence-electron chi connectivity index (χ1n) is 5.38. The van der Waals surface area contributed by atoms with Crippen molar-refractivity contribution in [2.24, 2.45) is 0 Å². The number of nitrogens with two attached hydrogens (primary N) is 1. The molecule has 98 valence electrons. The van der Waals surface area contributed by atoms with Gasteiger partial charge in [0.15, 0.2) is 0 Å². The Hall–Kier alpha value is -1.95. The van der Waals surface area contributed by atoms with Crippen molar-refractivity contribution < 1.29 is 13.9 Å². The lowest BCUT2D eigenvalue weighted by molar-refractivity contribution is 0.0467. The van der Waals surface area contributed by atoms with E-state index >= 15 is 0 Å². The van der Waals surface area contributed by atoms with Crippen molar-refractivity contribution in [3.8, 4) is 0 Å². The molecule has 0 fully saturated rings. The Morgan fingerprint density at radius 1 is 1.37 bits per heavy atom. The fraction of sp³-hybridized carbons (Fsp3) is 0.0769. The fourth-order valence-electron chi connectivity index (χ4n) is 1.46. The van der Waals surface area contributed by atoms with Gasteiger partial charge in [-0.2, -0.15) is 0 Å². The van der Waals surface area contributed by atoms with Crippen molar-refractivity contribution in [3.63, 3.8) is 0 Å². The van der Waals surface area contributed by atoms with E-state index in [0.29, 0.717) is 5.56 Å². The Bertz CT molecular complexity index is 619. The molecular weight excluding hydrogens is 315 g/mol. The number of rotatable bonds is 3. The molecule has 0 amide bonds. The molecule has 2 rings (SSSR count). The molecule has 0 atom stereocenters. The second kappa shape index (κ2) is 5.79. The largest absolute Gasteiger partial charge is 0.457 e. The first kappa shape index (κ1) is 13.5. The molecule has 0 aliphatic rings. The average molecular weight is 325 g/mol. The van der Waals surface area contributed by atoms with Gasteiger partial charge in [0, 0.05) is 28.1 Å². The number of carbonyl (C=O) groups is 1. The molecule has 2 aromatic rings. The van der Waals surface area contributed by atoms with Gasteiger partial charge in [0.05, 0.1) is 5.56 Å². The highest BCUT2D eigenvalue weighted by molar-refractivity contribution is 9.10. The van der Waals surface area contributed by atoms with E-state index in [0.717, 1.165) is 10.5 Å². The second-order valence-corrected chi connectivity index (χ2v) is 4.74. The molecule has 19 heavy (non-hydrogen) atoms. The van der Waals surface area contributed by atoms with Gasteiger partial charge in [0.25, 0.3) is 0 Å². The van der Waals surface area contributed by atoms with Gasteiger partial charge in [-0.15, -0.1) is 0 Å². The number of nitrogens with zero attached hydrogens (tertiary/aromatic N) is 1. The van der Waals surface area contributed by atoms with Crippen molar-refractivity contribution >= 4 is 27.6 Å². The number of esters is 1. The lowest BCUT2D eigenvalue weighted by Gasteiger charge is -2.06. The van der Waals surface area contributed by atoms with E-state index in [9.17, 15) is 9.18 Å². The van der Waals surface area contributed by atoms with E-state index in [1.165, 1.54) is 12.1 Å². The third kappa shape index (κ3) is 3.51. The number of nitrogen functional groups attached to an aromatic ring is 1. The highest BCUT2D eigenvalue weighted by Crippen LogP contribution is 2.15. The first-order chi connectivity index (χ1) is 9.06. The topological polar surface area (TPSA) is 65.2 Å². The molecule has 0 bridgehead atoms. The van der Waals surface area contributed by atoms with Gasteiger partial charge in [-0.25, -0.2) is 9.18 Å². The Balaban J connectivity index is 2.05. The van der Waals surface area contributed by atoms with E-state index in [-0.39, 0.29) is 17.9 Å². The third-order valence-electron chi connectivity index (χ3n) is 2.34. The Kier molecular flexibility index (Phi) is 4.11. The minimum atomic E-state index is -0.738. The summed E-state index contributed by atoms with van der Waals surface area (Å²) in [5.41, 5.74) is 6.22. The first-order valence-corrected chi connectivity index (χ1v) is 6.17. The zero-order valence-corrected chi connectivity index (χ0v) is 11.4. The van der Waals surface area contributed by atoms with Crippen LogP contribution < -0.4 is 5.73 Å². The number of aromatic nitrogens is 1. The fourth-order valence-corrected chi connectivity index (χ4v) is 1.87. The second-order valence-electron chi connectivity index (χ2n) is 3.83. The van der Waals surface area contributed by atoms with E-state index < -0.39 is 11.8 Å². The van der Waals surface area contributed by atoms with Crippen LogP contribution in [0.5, 0.6) is 0 Å². The molecule has 0 spiro atoms. The number of hydrogen-bond donors (Lipinski definition) is 1. The molecule has 0 saturated heterocycles. The molecule has 1 heterocycles. The van der Waals surface area contributed by atoms with Crippen molar-refractivity contribution in [1.82, 2.24) is 4.98 Å². The van der Waals surface area contributed by atoms with Crippen LogP contribution >= 0.6 is 15.9 Å². The van der Waals surface area contributed by atoms with Gasteiger partial charge in [-0.05, 0) is 40.2 Å². The van der Waals surface area contributed by atoms with Crippen LogP contribution in [0.25, 0.3) is 0 Å². The van der Waals surface area contributed by atoms with Crippen LogP contribution in [0.15, 0.2) is 41.1 Å². The smallest absolute Gasteiger partial charge is 0.341 e. The number of hydrogen-bond acceptors (Lipinski definition) is 4. The number of halogens is 2. The monoisotopic (exact) mass is 324 g/mol. The van der Waals surface area contributed by atoms with Crippen LogP contribution in [-0.4, -0.2) is 11.0 Å². The summed E-state index contributed by atoms with van der Waals surface area (Å²) in [6.45, 7) is 0.0229. The Morgan fingerprint density at radius 3 is 2.84 bits per heavy atom. The lowest BCUT2D eigenvalue weighted by Crippen LogP contribution is -2.08. The summed E-state index contributed by atoms with van der Waals surface area (Å²) in [4.78, 5) is 15.6. The maximum absolute atomic E-state index is 13.5. The zero-order chi connectivity index (χ0) is 13.8. The predicted molar refractivity (Wildman–Crippen MR) is 71.9 cm³/mol. The van der Waals surface area contributed by atoms with Crippen LogP contribution in [0.4, 0.5) is 10.1 Å². The SMILES string of the molecule is Nc1ccc(C(=O)OCc2cncc(Br)c2)c(F)c1. The highest BCUT2D eigenvalue weighted by Gasteiger charge is 2.13. The standard InChI is InChI=1S/C13H10BrFN2O2/c14-9-3-8(5-17-6-9)7-19-13(18)11-2-1-10(16)4-12(11)15/h1-6H,7,16H2. The maximum Gasteiger partial charge on any atom is 0.341 e. The Morgan fingerprint density at radius 2 is 2.16 bits per heavy atom. The number of carbonyl (C=O) groups excluding carboxylic acids is 1. The van der Waals surface area contributed by atoms with E-state index in [1.807, 2.05) is 0 Å². The molecule has 0 aliphatic heterocycles. The number of ether oxygens (including phenoxy) is 1. The summed E-state index contributed by atoms with van der Waals surface area (Å²) < 4.78 is 19.3. The zero-order valence-electron chi connectivity index (χ0n) is 9.77. The number of pyridine rings is 1. The molecule has 0 saturated carbocycles. The number of anilines is 1. The molecule has 4 nitrogen and oxygen atoms in total. The van der Waals surface area contributed by atoms with Gasteiger partial charge < -0.3 is 10.5 Å². The van der Waals surface area contributed by atoms with Crippen molar-refractivity contribution in [2.45, 2.75) is 6.61 Å². The van der Waals surface area contributed by atoms with Crippen molar-refractivity contribution in [1.29, 1.82) is 0 Å². The quantitative estimate of drug-likeness (QED) is 0.696. The van der Waals surface area contributed by atoms with Gasteiger partial charge in [-0.3, -0.25) is 4.98 Å². The molecule has 6 heteroatoms. The van der Waals surface area contributed by atoms with Gasteiger partial charge in [-0.1, -0.05) is 0 Å². The Labute approximate surface area is 117 Å². The maximum atomic E-state index is 13.5. The summed E-state index contributed by atoms with van der Waals surface area (Å²) >= 11 is 3.26. The van der Waals surface area contributed by atoms with E-state index in [1.54, 1.807) is 18.5 Å².